The molecule has 0 N–H and O–H groups in total. The van der Waals surface area contributed by atoms with Crippen LogP contribution < -0.4 is 4.74 Å². The van der Waals surface area contributed by atoms with E-state index in [-0.39, 0.29) is 18.1 Å². The Kier molecular flexibility index (Phi) is 4.99. The minimum absolute atomic E-state index is 0.0317. The Morgan fingerprint density at radius 3 is 2.62 bits per heavy atom. The molecule has 0 fully saturated rings. The molecule has 3 aromatic rings. The van der Waals surface area contributed by atoms with Crippen molar-refractivity contribution in [1.82, 2.24) is 0 Å². The van der Waals surface area contributed by atoms with Crippen molar-refractivity contribution >= 4 is 26.8 Å². The Morgan fingerprint density at radius 2 is 1.88 bits per heavy atom. The third kappa shape index (κ3) is 3.72. The Hall–Kier alpha value is -2.80. The Labute approximate surface area is 151 Å². The molecule has 0 amide bonds. The predicted molar refractivity (Wildman–Crippen MR) is 96.1 cm³/mol. The summed E-state index contributed by atoms with van der Waals surface area (Å²) in [5.74, 6) is 0.207. The number of benzene rings is 2. The van der Waals surface area contributed by atoms with Gasteiger partial charge in [-0.1, -0.05) is 24.3 Å². The smallest absolute Gasteiger partial charge is 0.342 e. The van der Waals surface area contributed by atoms with Gasteiger partial charge >= 0.3 is 5.97 Å². The molecular weight excluding hydrogens is 356 g/mol. The number of fused-ring (bicyclic) bond motifs is 1. The quantitative estimate of drug-likeness (QED) is 0.613. The lowest BCUT2D eigenvalue weighted by Crippen LogP contribution is -2.08. The van der Waals surface area contributed by atoms with Crippen molar-refractivity contribution in [2.45, 2.75) is 18.4 Å². The molecule has 0 aliphatic rings. The molecule has 0 saturated heterocycles. The molecule has 1 aromatic heterocycles. The highest BCUT2D eigenvalue weighted by molar-refractivity contribution is 7.90. The predicted octanol–water partition coefficient (Wildman–Crippen LogP) is 3.59. The maximum atomic E-state index is 12.3. The van der Waals surface area contributed by atoms with E-state index in [1.54, 1.807) is 43.3 Å². The van der Waals surface area contributed by atoms with E-state index in [0.717, 1.165) is 6.26 Å². The number of hydrogen-bond donors (Lipinski definition) is 0. The van der Waals surface area contributed by atoms with Crippen LogP contribution in [0, 0.1) is 0 Å². The number of sulfone groups is 1. The molecule has 0 radical (unpaired) electrons. The monoisotopic (exact) mass is 374 g/mol. The molecule has 0 bridgehead atoms. The van der Waals surface area contributed by atoms with Crippen LogP contribution in [0.1, 0.15) is 23.0 Å². The van der Waals surface area contributed by atoms with E-state index in [0.29, 0.717) is 28.0 Å². The normalized spacial score (nSPS) is 11.5. The van der Waals surface area contributed by atoms with Gasteiger partial charge in [0, 0.05) is 11.6 Å². The molecule has 0 saturated carbocycles. The number of carbonyl (C=O) groups is 1. The van der Waals surface area contributed by atoms with Gasteiger partial charge in [0.05, 0.1) is 11.5 Å². The summed E-state index contributed by atoms with van der Waals surface area (Å²) in [7, 11) is -3.34. The molecule has 6 nitrogen and oxygen atoms in total. The van der Waals surface area contributed by atoms with Gasteiger partial charge in [-0.05, 0) is 31.2 Å². The van der Waals surface area contributed by atoms with Crippen molar-refractivity contribution in [3.8, 4) is 5.75 Å². The van der Waals surface area contributed by atoms with E-state index in [1.165, 1.54) is 12.1 Å². The molecule has 7 heteroatoms. The molecule has 2 aromatic carbocycles. The minimum Gasteiger partial charge on any atom is -0.486 e. The van der Waals surface area contributed by atoms with Crippen molar-refractivity contribution in [3.05, 3.63) is 59.9 Å². The zero-order valence-electron chi connectivity index (χ0n) is 14.4. The van der Waals surface area contributed by atoms with Crippen LogP contribution in [0.5, 0.6) is 5.75 Å². The second-order valence-electron chi connectivity index (χ2n) is 5.65. The largest absolute Gasteiger partial charge is 0.486 e. The fourth-order valence-electron chi connectivity index (χ4n) is 2.57. The first-order chi connectivity index (χ1) is 12.4. The summed E-state index contributed by atoms with van der Waals surface area (Å²) in [6.45, 7) is 1.94. The average molecular weight is 374 g/mol. The van der Waals surface area contributed by atoms with Crippen LogP contribution in [0.4, 0.5) is 0 Å². The summed E-state index contributed by atoms with van der Waals surface area (Å²) in [6, 6.07) is 13.3. The van der Waals surface area contributed by atoms with Gasteiger partial charge in [-0.25, -0.2) is 13.2 Å². The summed E-state index contributed by atoms with van der Waals surface area (Å²) in [4.78, 5) is 12.5. The molecule has 0 aliphatic heterocycles. The summed E-state index contributed by atoms with van der Waals surface area (Å²) in [5, 5.41) is 0.648. The van der Waals surface area contributed by atoms with Gasteiger partial charge in [-0.2, -0.15) is 0 Å². The van der Waals surface area contributed by atoms with Crippen LogP contribution in [-0.2, 0) is 21.2 Å². The molecule has 1 heterocycles. The Morgan fingerprint density at radius 1 is 1.12 bits per heavy atom. The van der Waals surface area contributed by atoms with Crippen LogP contribution in [0.15, 0.2) is 57.8 Å². The van der Waals surface area contributed by atoms with Gasteiger partial charge in [0.15, 0.2) is 15.6 Å². The van der Waals surface area contributed by atoms with Gasteiger partial charge in [-0.3, -0.25) is 0 Å². The number of hydrogen-bond acceptors (Lipinski definition) is 6. The number of ether oxygens (including phenoxy) is 2. The first-order valence-corrected chi connectivity index (χ1v) is 9.89. The lowest BCUT2D eigenvalue weighted by Gasteiger charge is -2.07. The minimum atomic E-state index is -3.34. The zero-order valence-corrected chi connectivity index (χ0v) is 15.2. The summed E-state index contributed by atoms with van der Waals surface area (Å²) in [6.07, 6.45) is 1.13. The third-order valence-corrected chi connectivity index (χ3v) is 4.86. The van der Waals surface area contributed by atoms with E-state index >= 15 is 0 Å². The molecule has 0 aliphatic carbocycles. The standard InChI is InChI=1S/C19H18O6S/c1-3-23-19(20)18-15-9-4-5-10-16(15)25-17(18)12-24-13-7-6-8-14(11-13)26(2,21)22/h4-11H,3,12H2,1-2H3. The molecule has 3 rings (SSSR count). The first-order valence-electron chi connectivity index (χ1n) is 8.00. The zero-order chi connectivity index (χ0) is 18.7. The maximum Gasteiger partial charge on any atom is 0.342 e. The number of para-hydroxylation sites is 1. The topological polar surface area (TPSA) is 82.8 Å². The fourth-order valence-corrected chi connectivity index (χ4v) is 3.22. The lowest BCUT2D eigenvalue weighted by molar-refractivity contribution is 0.0523. The fraction of sp³-hybridized carbons (Fsp3) is 0.211. The molecule has 136 valence electrons. The summed E-state index contributed by atoms with van der Waals surface area (Å²) in [5.41, 5.74) is 0.876. The molecule has 0 unspecified atom stereocenters. The summed E-state index contributed by atoms with van der Waals surface area (Å²) >= 11 is 0. The Bertz CT molecular complexity index is 1050. The van der Waals surface area contributed by atoms with E-state index in [9.17, 15) is 13.2 Å². The number of rotatable bonds is 6. The molecular formula is C19H18O6S. The highest BCUT2D eigenvalue weighted by atomic mass is 32.2. The van der Waals surface area contributed by atoms with Gasteiger partial charge in [0.25, 0.3) is 0 Å². The third-order valence-electron chi connectivity index (χ3n) is 3.75. The second kappa shape index (κ2) is 7.21. The summed E-state index contributed by atoms with van der Waals surface area (Å²) < 4.78 is 39.8. The van der Waals surface area contributed by atoms with Crippen LogP contribution in [0.3, 0.4) is 0 Å². The van der Waals surface area contributed by atoms with Crippen LogP contribution in [-0.4, -0.2) is 27.2 Å². The number of furan rings is 1. The van der Waals surface area contributed by atoms with E-state index < -0.39 is 15.8 Å². The number of esters is 1. The van der Waals surface area contributed by atoms with Gasteiger partial charge in [0.1, 0.15) is 23.5 Å². The molecule has 0 spiro atoms. The van der Waals surface area contributed by atoms with Crippen molar-refractivity contribution < 1.29 is 27.1 Å². The lowest BCUT2D eigenvalue weighted by atomic mass is 10.1. The number of carbonyl (C=O) groups excluding carboxylic acids is 1. The first kappa shape index (κ1) is 18.0. The van der Waals surface area contributed by atoms with E-state index in [2.05, 4.69) is 0 Å². The van der Waals surface area contributed by atoms with E-state index in [1.807, 2.05) is 0 Å². The SMILES string of the molecule is CCOC(=O)c1c(COc2cccc(S(C)(=O)=O)c2)oc2ccccc12. The van der Waals surface area contributed by atoms with Crippen molar-refractivity contribution in [2.24, 2.45) is 0 Å². The average Bonchev–Trinajstić information content (AvgIpc) is 2.98. The van der Waals surface area contributed by atoms with E-state index in [4.69, 9.17) is 13.9 Å². The van der Waals surface area contributed by atoms with Crippen molar-refractivity contribution in [2.75, 3.05) is 12.9 Å². The second-order valence-corrected chi connectivity index (χ2v) is 7.67. The molecule has 0 atom stereocenters. The van der Waals surface area contributed by atoms with Crippen LogP contribution >= 0.6 is 0 Å². The molecule has 26 heavy (non-hydrogen) atoms. The maximum absolute atomic E-state index is 12.3. The van der Waals surface area contributed by atoms with Gasteiger partial charge in [-0.15, -0.1) is 0 Å². The highest BCUT2D eigenvalue weighted by Crippen LogP contribution is 2.28. The van der Waals surface area contributed by atoms with Crippen molar-refractivity contribution in [1.29, 1.82) is 0 Å². The van der Waals surface area contributed by atoms with Crippen LogP contribution in [0.25, 0.3) is 11.0 Å². The van der Waals surface area contributed by atoms with Crippen molar-refractivity contribution in [3.63, 3.8) is 0 Å². The van der Waals surface area contributed by atoms with Gasteiger partial charge in [0.2, 0.25) is 0 Å². The van der Waals surface area contributed by atoms with Crippen LogP contribution in [0.2, 0.25) is 0 Å². The van der Waals surface area contributed by atoms with Gasteiger partial charge < -0.3 is 13.9 Å². The Balaban J connectivity index is 1.92. The highest BCUT2D eigenvalue weighted by Gasteiger charge is 2.22.